The van der Waals surface area contributed by atoms with Crippen molar-refractivity contribution in [3.05, 3.63) is 23.5 Å². The predicted octanol–water partition coefficient (Wildman–Crippen LogP) is 0.538. The van der Waals surface area contributed by atoms with Gasteiger partial charge in [0.05, 0.1) is 18.5 Å². The highest BCUT2D eigenvalue weighted by molar-refractivity contribution is 6.07. The summed E-state index contributed by atoms with van der Waals surface area (Å²) < 4.78 is 4.64. The van der Waals surface area contributed by atoms with Crippen LogP contribution in [0.2, 0.25) is 0 Å². The summed E-state index contributed by atoms with van der Waals surface area (Å²) in [5.74, 6) is -0.508. The Kier molecular flexibility index (Phi) is 3.79. The van der Waals surface area contributed by atoms with Gasteiger partial charge < -0.3 is 10.1 Å². The number of hydrogen-bond donors (Lipinski definition) is 1. The van der Waals surface area contributed by atoms with Crippen LogP contribution in [0.4, 0.5) is 0 Å². The third-order valence-corrected chi connectivity index (χ3v) is 1.71. The Bertz CT molecular complexity index is 367. The number of rotatable bonds is 3. The molecule has 1 aliphatic rings. The molecule has 0 aromatic rings. The molecule has 0 saturated carbocycles. The molecule has 0 atom stereocenters. The molecule has 0 bridgehead atoms. The lowest BCUT2D eigenvalue weighted by molar-refractivity contribution is -0.120. The van der Waals surface area contributed by atoms with Gasteiger partial charge in [-0.1, -0.05) is 6.08 Å². The van der Waals surface area contributed by atoms with Crippen LogP contribution in [0.25, 0.3) is 0 Å². The van der Waals surface area contributed by atoms with E-state index in [1.165, 1.54) is 26.5 Å². The average molecular weight is 208 g/mol. The number of amides is 1. The standard InChI is InChI=1S/C10H12N2O3/c1-7(13)12-9-4-3-8(5-10(9)14)11-6-15-2/h4-6H,3H2,1-2H3,(H,12,13). The second kappa shape index (κ2) is 5.09. The zero-order valence-electron chi connectivity index (χ0n) is 8.61. The monoisotopic (exact) mass is 208 g/mol. The molecule has 1 amide bonds. The highest BCUT2D eigenvalue weighted by Gasteiger charge is 2.13. The van der Waals surface area contributed by atoms with Crippen LogP contribution in [0.15, 0.2) is 28.5 Å². The number of allylic oxidation sites excluding steroid dienone is 2. The van der Waals surface area contributed by atoms with Gasteiger partial charge >= 0.3 is 0 Å². The van der Waals surface area contributed by atoms with Gasteiger partial charge in [0.2, 0.25) is 11.7 Å². The molecular weight excluding hydrogens is 196 g/mol. The number of carbonyl (C=O) groups excluding carboxylic acids is 2. The summed E-state index contributed by atoms with van der Waals surface area (Å²) in [4.78, 5) is 26.1. The summed E-state index contributed by atoms with van der Waals surface area (Å²) in [7, 11) is 1.48. The van der Waals surface area contributed by atoms with E-state index in [0.29, 0.717) is 17.8 Å². The smallest absolute Gasteiger partial charge is 0.221 e. The fourth-order valence-corrected chi connectivity index (χ4v) is 1.11. The molecule has 0 aromatic heterocycles. The molecule has 0 aliphatic heterocycles. The van der Waals surface area contributed by atoms with E-state index in [2.05, 4.69) is 15.0 Å². The molecule has 80 valence electrons. The van der Waals surface area contributed by atoms with Crippen LogP contribution in [0.1, 0.15) is 13.3 Å². The van der Waals surface area contributed by atoms with Crippen molar-refractivity contribution >= 4 is 18.1 Å². The van der Waals surface area contributed by atoms with Crippen LogP contribution in [0.3, 0.4) is 0 Å². The molecule has 1 aliphatic carbocycles. The number of nitrogens with one attached hydrogen (secondary N) is 1. The van der Waals surface area contributed by atoms with Gasteiger partial charge in [-0.05, 0) is 0 Å². The minimum absolute atomic E-state index is 0.250. The van der Waals surface area contributed by atoms with Crippen molar-refractivity contribution in [2.45, 2.75) is 13.3 Å². The zero-order chi connectivity index (χ0) is 11.3. The molecule has 0 saturated heterocycles. The first-order valence-corrected chi connectivity index (χ1v) is 4.41. The first kappa shape index (κ1) is 11.2. The number of hydrogen-bond acceptors (Lipinski definition) is 4. The van der Waals surface area contributed by atoms with Gasteiger partial charge in [0, 0.05) is 19.4 Å². The Labute approximate surface area is 87.5 Å². The third kappa shape index (κ3) is 3.38. The van der Waals surface area contributed by atoms with Gasteiger partial charge in [0.1, 0.15) is 0 Å². The minimum atomic E-state index is -0.258. The van der Waals surface area contributed by atoms with E-state index in [9.17, 15) is 9.59 Å². The van der Waals surface area contributed by atoms with Crippen molar-refractivity contribution in [1.82, 2.24) is 5.32 Å². The van der Waals surface area contributed by atoms with Crippen molar-refractivity contribution in [2.24, 2.45) is 4.99 Å². The lowest BCUT2D eigenvalue weighted by Gasteiger charge is -2.09. The molecule has 0 unspecified atom stereocenters. The molecule has 0 aromatic carbocycles. The first-order valence-electron chi connectivity index (χ1n) is 4.41. The average Bonchev–Trinajstić information content (AvgIpc) is 2.18. The molecule has 0 fully saturated rings. The molecule has 0 heterocycles. The second-order valence-corrected chi connectivity index (χ2v) is 2.97. The van der Waals surface area contributed by atoms with E-state index in [1.807, 2.05) is 0 Å². The molecule has 5 nitrogen and oxygen atoms in total. The van der Waals surface area contributed by atoms with Crippen molar-refractivity contribution in [3.63, 3.8) is 0 Å². The quantitative estimate of drug-likeness (QED) is 0.543. The molecule has 1 N–H and O–H groups in total. The minimum Gasteiger partial charge on any atom is -0.486 e. The largest absolute Gasteiger partial charge is 0.486 e. The highest BCUT2D eigenvalue weighted by atomic mass is 16.5. The van der Waals surface area contributed by atoms with Crippen LogP contribution in [0, 0.1) is 0 Å². The number of methoxy groups -OCH3 is 1. The maximum absolute atomic E-state index is 11.4. The summed E-state index contributed by atoms with van der Waals surface area (Å²) in [5.41, 5.74) is 0.912. The summed E-state index contributed by atoms with van der Waals surface area (Å²) in [6, 6.07) is 0. The Morgan fingerprint density at radius 1 is 1.67 bits per heavy atom. The van der Waals surface area contributed by atoms with Gasteiger partial charge in [-0.3, -0.25) is 9.59 Å². The van der Waals surface area contributed by atoms with E-state index in [-0.39, 0.29) is 11.7 Å². The Hall–Kier alpha value is -1.91. The summed E-state index contributed by atoms with van der Waals surface area (Å²) in [6.45, 7) is 1.36. The molecular formula is C10H12N2O3. The van der Waals surface area contributed by atoms with Crippen LogP contribution in [-0.4, -0.2) is 25.2 Å². The van der Waals surface area contributed by atoms with E-state index in [1.54, 1.807) is 6.08 Å². The fraction of sp³-hybridized carbons (Fsp3) is 0.300. The Morgan fingerprint density at radius 2 is 2.40 bits per heavy atom. The second-order valence-electron chi connectivity index (χ2n) is 2.97. The van der Waals surface area contributed by atoms with Gasteiger partial charge in [-0.2, -0.15) is 0 Å². The SMILES string of the molecule is COC=NC1=CC(=O)C(NC(C)=O)=CC1. The Balaban J connectivity index is 2.66. The summed E-state index contributed by atoms with van der Waals surface area (Å²) >= 11 is 0. The predicted molar refractivity (Wildman–Crippen MR) is 55.1 cm³/mol. The van der Waals surface area contributed by atoms with Gasteiger partial charge in [0.25, 0.3) is 0 Å². The van der Waals surface area contributed by atoms with Gasteiger partial charge in [-0.15, -0.1) is 0 Å². The van der Waals surface area contributed by atoms with E-state index in [4.69, 9.17) is 0 Å². The van der Waals surface area contributed by atoms with E-state index in [0.717, 1.165) is 0 Å². The number of ketones is 1. The first-order chi connectivity index (χ1) is 7.13. The zero-order valence-corrected chi connectivity index (χ0v) is 8.61. The van der Waals surface area contributed by atoms with Crippen molar-refractivity contribution in [2.75, 3.05) is 7.11 Å². The molecule has 0 spiro atoms. The lowest BCUT2D eigenvalue weighted by atomic mass is 10.1. The van der Waals surface area contributed by atoms with Crippen LogP contribution < -0.4 is 5.32 Å². The van der Waals surface area contributed by atoms with Crippen molar-refractivity contribution in [3.8, 4) is 0 Å². The maximum Gasteiger partial charge on any atom is 0.221 e. The van der Waals surface area contributed by atoms with E-state index >= 15 is 0 Å². The van der Waals surface area contributed by atoms with E-state index < -0.39 is 0 Å². The van der Waals surface area contributed by atoms with Crippen molar-refractivity contribution < 1.29 is 14.3 Å². The maximum atomic E-state index is 11.4. The van der Waals surface area contributed by atoms with Crippen LogP contribution in [0.5, 0.6) is 0 Å². The fourth-order valence-electron chi connectivity index (χ4n) is 1.11. The lowest BCUT2D eigenvalue weighted by Crippen LogP contribution is -2.25. The van der Waals surface area contributed by atoms with Crippen LogP contribution >= 0.6 is 0 Å². The molecule has 15 heavy (non-hydrogen) atoms. The Morgan fingerprint density at radius 3 is 2.93 bits per heavy atom. The number of nitrogens with zero attached hydrogens (tertiary/aromatic N) is 1. The molecule has 1 rings (SSSR count). The number of aliphatic imine (C=N–C) groups is 1. The van der Waals surface area contributed by atoms with Crippen LogP contribution in [-0.2, 0) is 14.3 Å². The summed E-state index contributed by atoms with van der Waals surface area (Å²) in [6.07, 6.45) is 4.77. The molecule has 0 radical (unpaired) electrons. The number of ether oxygens (including phenoxy) is 1. The topological polar surface area (TPSA) is 67.8 Å². The highest BCUT2D eigenvalue weighted by Crippen LogP contribution is 2.13. The molecule has 5 heteroatoms. The van der Waals surface area contributed by atoms with Gasteiger partial charge in [0.15, 0.2) is 6.40 Å². The summed E-state index contributed by atoms with van der Waals surface area (Å²) in [5, 5.41) is 2.45. The van der Waals surface area contributed by atoms with Crippen molar-refractivity contribution in [1.29, 1.82) is 0 Å². The third-order valence-electron chi connectivity index (χ3n) is 1.71. The van der Waals surface area contributed by atoms with Gasteiger partial charge in [-0.25, -0.2) is 4.99 Å². The normalized spacial score (nSPS) is 16.0. The number of carbonyl (C=O) groups is 2.